The van der Waals surface area contributed by atoms with Crippen LogP contribution >= 0.6 is 0 Å². The van der Waals surface area contributed by atoms with Crippen molar-refractivity contribution in [3.63, 3.8) is 0 Å². The zero-order valence-corrected chi connectivity index (χ0v) is 14.5. The summed E-state index contributed by atoms with van der Waals surface area (Å²) >= 11 is 0. The van der Waals surface area contributed by atoms with Gasteiger partial charge >= 0.3 is 0 Å². The molecule has 1 atom stereocenters. The Hall–Kier alpha value is -2.19. The van der Waals surface area contributed by atoms with E-state index in [9.17, 15) is 26.4 Å². The maximum absolute atomic E-state index is 13.9. The highest BCUT2D eigenvalue weighted by Crippen LogP contribution is 2.28. The van der Waals surface area contributed by atoms with Gasteiger partial charge in [0.05, 0.1) is 4.90 Å². The number of rotatable bonds is 4. The number of hydrogen-bond donors (Lipinski definition) is 0. The van der Waals surface area contributed by atoms with Crippen LogP contribution in [-0.4, -0.2) is 32.1 Å². The van der Waals surface area contributed by atoms with Gasteiger partial charge in [-0.2, -0.15) is 4.31 Å². The van der Waals surface area contributed by atoms with Crippen molar-refractivity contribution in [1.82, 2.24) is 4.31 Å². The molecule has 0 amide bonds. The fourth-order valence-electron chi connectivity index (χ4n) is 3.01. The van der Waals surface area contributed by atoms with Crippen molar-refractivity contribution in [3.05, 3.63) is 53.8 Å². The molecule has 1 saturated heterocycles. The fraction of sp³-hybridized carbons (Fsp3) is 0.278. The Morgan fingerprint density at radius 1 is 1.00 bits per heavy atom. The Labute approximate surface area is 149 Å². The highest BCUT2D eigenvalue weighted by atomic mass is 32.2. The van der Waals surface area contributed by atoms with E-state index in [1.54, 1.807) is 0 Å². The van der Waals surface area contributed by atoms with E-state index in [2.05, 4.69) is 0 Å². The number of carbonyl (C=O) groups excluding carboxylic acids is 1. The molecule has 3 rings (SSSR count). The van der Waals surface area contributed by atoms with E-state index in [1.807, 2.05) is 0 Å². The highest BCUT2D eigenvalue weighted by molar-refractivity contribution is 7.89. The first-order valence-corrected chi connectivity index (χ1v) is 9.48. The summed E-state index contributed by atoms with van der Waals surface area (Å²) in [5, 5.41) is 0. The predicted octanol–water partition coefficient (Wildman–Crippen LogP) is 3.37. The summed E-state index contributed by atoms with van der Waals surface area (Å²) in [6.45, 7) is 0.456. The standard InChI is InChI=1S/C18H16F3NO3S/c19-16-8-7-15(17(20)18(16)21)13-3-5-14(6-4-13)26(24,25)22-9-1-2-12(10-22)11-23/h3-8,11-12H,1-2,9-10H2. The molecular weight excluding hydrogens is 367 g/mol. The van der Waals surface area contributed by atoms with Crippen LogP contribution < -0.4 is 0 Å². The van der Waals surface area contributed by atoms with Crippen LogP contribution in [0.5, 0.6) is 0 Å². The van der Waals surface area contributed by atoms with E-state index in [0.717, 1.165) is 18.4 Å². The molecule has 26 heavy (non-hydrogen) atoms. The van der Waals surface area contributed by atoms with Gasteiger partial charge in [-0.3, -0.25) is 0 Å². The van der Waals surface area contributed by atoms with Gasteiger partial charge in [0.15, 0.2) is 17.5 Å². The number of halogens is 3. The first kappa shape index (κ1) is 18.6. The number of sulfonamides is 1. The molecular formula is C18H16F3NO3S. The molecule has 2 aromatic carbocycles. The number of hydrogen-bond acceptors (Lipinski definition) is 3. The average Bonchev–Trinajstić information content (AvgIpc) is 2.66. The lowest BCUT2D eigenvalue weighted by Crippen LogP contribution is -2.40. The molecule has 2 aromatic rings. The van der Waals surface area contributed by atoms with Gasteiger partial charge in [-0.15, -0.1) is 0 Å². The van der Waals surface area contributed by atoms with Crippen LogP contribution in [0.1, 0.15) is 12.8 Å². The van der Waals surface area contributed by atoms with Crippen LogP contribution in [0.4, 0.5) is 13.2 Å². The SMILES string of the molecule is O=CC1CCCN(S(=O)(=O)c2ccc(-c3ccc(F)c(F)c3F)cc2)C1. The molecule has 8 heteroatoms. The van der Waals surface area contributed by atoms with E-state index in [0.29, 0.717) is 19.4 Å². The second-order valence-corrected chi connectivity index (χ2v) is 8.09. The van der Waals surface area contributed by atoms with Crippen molar-refractivity contribution >= 4 is 16.3 Å². The van der Waals surface area contributed by atoms with Crippen LogP contribution in [0, 0.1) is 23.4 Å². The fourth-order valence-corrected chi connectivity index (χ4v) is 4.54. The smallest absolute Gasteiger partial charge is 0.243 e. The summed E-state index contributed by atoms with van der Waals surface area (Å²) in [5.41, 5.74) is 0.0663. The Balaban J connectivity index is 1.90. The molecule has 0 aliphatic carbocycles. The zero-order chi connectivity index (χ0) is 18.9. The minimum Gasteiger partial charge on any atom is -0.303 e. The lowest BCUT2D eigenvalue weighted by Gasteiger charge is -2.29. The molecule has 0 bridgehead atoms. The molecule has 1 aliphatic rings. The summed E-state index contributed by atoms with van der Waals surface area (Å²) in [5.74, 6) is -4.52. The second kappa shape index (κ2) is 7.20. The van der Waals surface area contributed by atoms with E-state index < -0.39 is 27.5 Å². The van der Waals surface area contributed by atoms with Crippen molar-refractivity contribution < 1.29 is 26.4 Å². The molecule has 1 heterocycles. The van der Waals surface area contributed by atoms with Gasteiger partial charge in [-0.1, -0.05) is 12.1 Å². The minimum atomic E-state index is -3.78. The van der Waals surface area contributed by atoms with Crippen molar-refractivity contribution in [2.75, 3.05) is 13.1 Å². The Morgan fingerprint density at radius 2 is 1.69 bits per heavy atom. The maximum atomic E-state index is 13.9. The van der Waals surface area contributed by atoms with Gasteiger partial charge in [-0.25, -0.2) is 21.6 Å². The topological polar surface area (TPSA) is 54.5 Å². The van der Waals surface area contributed by atoms with Crippen molar-refractivity contribution in [1.29, 1.82) is 0 Å². The molecule has 1 unspecified atom stereocenters. The third-order valence-corrected chi connectivity index (χ3v) is 6.33. The molecule has 0 N–H and O–H groups in total. The molecule has 0 spiro atoms. The predicted molar refractivity (Wildman–Crippen MR) is 89.3 cm³/mol. The number of aldehydes is 1. The summed E-state index contributed by atoms with van der Waals surface area (Å²) in [6, 6.07) is 7.15. The molecule has 1 fully saturated rings. The molecule has 1 aliphatic heterocycles. The molecule has 4 nitrogen and oxygen atoms in total. The quantitative estimate of drug-likeness (QED) is 0.601. The van der Waals surface area contributed by atoms with Crippen LogP contribution in [0.3, 0.4) is 0 Å². The summed E-state index contributed by atoms with van der Waals surface area (Å²) in [4.78, 5) is 10.9. The molecule has 138 valence electrons. The van der Waals surface area contributed by atoms with Crippen molar-refractivity contribution in [3.8, 4) is 11.1 Å². The van der Waals surface area contributed by atoms with Gasteiger partial charge in [-0.05, 0) is 42.7 Å². The van der Waals surface area contributed by atoms with Crippen LogP contribution in [-0.2, 0) is 14.8 Å². The van der Waals surface area contributed by atoms with Gasteiger partial charge in [0.2, 0.25) is 10.0 Å². The third kappa shape index (κ3) is 3.39. The minimum absolute atomic E-state index is 0.00390. The largest absolute Gasteiger partial charge is 0.303 e. The third-order valence-electron chi connectivity index (χ3n) is 4.45. The normalized spacial score (nSPS) is 18.7. The van der Waals surface area contributed by atoms with E-state index in [4.69, 9.17) is 0 Å². The molecule has 0 saturated carbocycles. The second-order valence-electron chi connectivity index (χ2n) is 6.15. The lowest BCUT2D eigenvalue weighted by atomic mass is 10.0. The highest BCUT2D eigenvalue weighted by Gasteiger charge is 2.30. The Kier molecular flexibility index (Phi) is 5.15. The van der Waals surface area contributed by atoms with E-state index in [1.165, 1.54) is 28.6 Å². The van der Waals surface area contributed by atoms with Crippen LogP contribution in [0.2, 0.25) is 0 Å². The molecule has 0 radical (unpaired) electrons. The first-order chi connectivity index (χ1) is 12.3. The van der Waals surface area contributed by atoms with Crippen LogP contribution in [0.25, 0.3) is 11.1 Å². The van der Waals surface area contributed by atoms with Gasteiger partial charge in [0, 0.05) is 24.6 Å². The summed E-state index contributed by atoms with van der Waals surface area (Å²) in [7, 11) is -3.78. The number of piperidine rings is 1. The van der Waals surface area contributed by atoms with E-state index in [-0.39, 0.29) is 28.5 Å². The van der Waals surface area contributed by atoms with Gasteiger partial charge in [0.25, 0.3) is 0 Å². The zero-order valence-electron chi connectivity index (χ0n) is 13.7. The van der Waals surface area contributed by atoms with Crippen LogP contribution in [0.15, 0.2) is 41.3 Å². The van der Waals surface area contributed by atoms with E-state index >= 15 is 0 Å². The van der Waals surface area contributed by atoms with Crippen molar-refractivity contribution in [2.45, 2.75) is 17.7 Å². The number of carbonyl (C=O) groups is 1. The summed E-state index contributed by atoms with van der Waals surface area (Å²) < 4.78 is 66.9. The maximum Gasteiger partial charge on any atom is 0.243 e. The monoisotopic (exact) mass is 383 g/mol. The number of benzene rings is 2. The van der Waals surface area contributed by atoms with Crippen molar-refractivity contribution in [2.24, 2.45) is 5.92 Å². The Bertz CT molecular complexity index is 929. The van der Waals surface area contributed by atoms with Gasteiger partial charge < -0.3 is 4.79 Å². The summed E-state index contributed by atoms with van der Waals surface area (Å²) in [6.07, 6.45) is 2.02. The molecule has 0 aromatic heterocycles. The lowest BCUT2D eigenvalue weighted by molar-refractivity contribution is -0.112. The first-order valence-electron chi connectivity index (χ1n) is 8.04. The van der Waals surface area contributed by atoms with Gasteiger partial charge in [0.1, 0.15) is 6.29 Å². The average molecular weight is 383 g/mol. The Morgan fingerprint density at radius 3 is 2.35 bits per heavy atom. The number of nitrogens with zero attached hydrogens (tertiary/aromatic N) is 1.